The number of hydrogen-bond donors (Lipinski definition) is 2. The second-order valence-electron chi connectivity index (χ2n) is 6.87. The number of thioether (sulfide) groups is 1. The van der Waals surface area contributed by atoms with Gasteiger partial charge in [0.2, 0.25) is 0 Å². The topological polar surface area (TPSA) is 45.7 Å². The Bertz CT molecular complexity index is 763. The highest BCUT2D eigenvalue weighted by molar-refractivity contribution is 7.98. The predicted molar refractivity (Wildman–Crippen MR) is 114 cm³/mol. The zero-order valence-electron chi connectivity index (χ0n) is 16.4. The molecule has 144 valence electrons. The van der Waals surface area contributed by atoms with E-state index in [1.165, 1.54) is 21.6 Å². The first-order valence-corrected chi connectivity index (χ1v) is 10.7. The zero-order valence-corrected chi connectivity index (χ0v) is 17.2. The lowest BCUT2D eigenvalue weighted by molar-refractivity contribution is 0.0915. The van der Waals surface area contributed by atoms with E-state index in [1.807, 2.05) is 13.1 Å². The summed E-state index contributed by atoms with van der Waals surface area (Å²) in [4.78, 5) is 5.69. The Morgan fingerprint density at radius 1 is 1.19 bits per heavy atom. The van der Waals surface area contributed by atoms with Gasteiger partial charge in [-0.05, 0) is 42.4 Å². The van der Waals surface area contributed by atoms with Crippen molar-refractivity contribution in [2.24, 2.45) is 10.9 Å². The summed E-state index contributed by atoms with van der Waals surface area (Å²) in [7, 11) is 1.82. The molecule has 2 atom stereocenters. The quantitative estimate of drug-likeness (QED) is 0.447. The Morgan fingerprint density at radius 2 is 2.00 bits per heavy atom. The summed E-state index contributed by atoms with van der Waals surface area (Å²) in [6.07, 6.45) is 3.35. The molecule has 2 aromatic rings. The minimum Gasteiger partial charge on any atom is -0.373 e. The van der Waals surface area contributed by atoms with Crippen LogP contribution in [0.2, 0.25) is 0 Å². The maximum Gasteiger partial charge on any atom is 0.191 e. The first-order chi connectivity index (χ1) is 13.2. The molecule has 0 amide bonds. The number of guanidine groups is 1. The largest absolute Gasteiger partial charge is 0.373 e. The van der Waals surface area contributed by atoms with Gasteiger partial charge in [-0.15, -0.1) is 11.8 Å². The highest BCUT2D eigenvalue weighted by atomic mass is 32.2. The molecule has 2 N–H and O–H groups in total. The van der Waals surface area contributed by atoms with Crippen LogP contribution in [-0.4, -0.2) is 32.4 Å². The van der Waals surface area contributed by atoms with Crippen molar-refractivity contribution in [2.75, 3.05) is 26.5 Å². The second-order valence-corrected chi connectivity index (χ2v) is 7.72. The maximum atomic E-state index is 5.99. The molecule has 1 aliphatic rings. The second kappa shape index (κ2) is 9.81. The number of rotatable bonds is 6. The molecule has 1 aliphatic heterocycles. The van der Waals surface area contributed by atoms with Crippen LogP contribution in [0.25, 0.3) is 0 Å². The van der Waals surface area contributed by atoms with Crippen molar-refractivity contribution in [3.63, 3.8) is 0 Å². The monoisotopic (exact) mass is 383 g/mol. The van der Waals surface area contributed by atoms with Gasteiger partial charge >= 0.3 is 0 Å². The predicted octanol–water partition coefficient (Wildman–Crippen LogP) is 4.16. The van der Waals surface area contributed by atoms with E-state index in [2.05, 4.69) is 71.3 Å². The fraction of sp³-hybridized carbons (Fsp3) is 0.409. The molecule has 3 rings (SSSR count). The Labute approximate surface area is 166 Å². The molecule has 1 fully saturated rings. The molecule has 27 heavy (non-hydrogen) atoms. The van der Waals surface area contributed by atoms with Crippen molar-refractivity contribution >= 4 is 17.7 Å². The van der Waals surface area contributed by atoms with E-state index in [-0.39, 0.29) is 6.10 Å². The average molecular weight is 384 g/mol. The van der Waals surface area contributed by atoms with Gasteiger partial charge in [0.25, 0.3) is 0 Å². The van der Waals surface area contributed by atoms with Gasteiger partial charge in [-0.1, -0.05) is 42.5 Å². The van der Waals surface area contributed by atoms with Crippen molar-refractivity contribution in [2.45, 2.75) is 30.9 Å². The lowest BCUT2D eigenvalue weighted by Gasteiger charge is -2.21. The summed E-state index contributed by atoms with van der Waals surface area (Å²) in [6, 6.07) is 17.1. The summed E-state index contributed by atoms with van der Waals surface area (Å²) in [5, 5.41) is 6.93. The van der Waals surface area contributed by atoms with Crippen molar-refractivity contribution in [3.8, 4) is 0 Å². The van der Waals surface area contributed by atoms with Crippen LogP contribution in [0.1, 0.15) is 29.2 Å². The van der Waals surface area contributed by atoms with E-state index in [9.17, 15) is 0 Å². The minimum atomic E-state index is 0.164. The van der Waals surface area contributed by atoms with Crippen LogP contribution in [0.3, 0.4) is 0 Å². The lowest BCUT2D eigenvalue weighted by atomic mass is 9.95. The zero-order chi connectivity index (χ0) is 19.1. The van der Waals surface area contributed by atoms with E-state index in [1.54, 1.807) is 11.8 Å². The van der Waals surface area contributed by atoms with E-state index >= 15 is 0 Å². The van der Waals surface area contributed by atoms with Gasteiger partial charge in [-0.3, -0.25) is 4.99 Å². The first kappa shape index (κ1) is 19.8. The van der Waals surface area contributed by atoms with Gasteiger partial charge in [0.1, 0.15) is 0 Å². The Balaban J connectivity index is 1.55. The number of hydrogen-bond acceptors (Lipinski definition) is 3. The minimum absolute atomic E-state index is 0.164. The number of aryl methyl sites for hydroxylation is 1. The van der Waals surface area contributed by atoms with E-state index in [0.29, 0.717) is 5.92 Å². The molecule has 0 saturated carbocycles. The number of benzene rings is 2. The number of aliphatic imine (C=N–C) groups is 1. The van der Waals surface area contributed by atoms with E-state index in [4.69, 9.17) is 4.74 Å². The van der Waals surface area contributed by atoms with Crippen molar-refractivity contribution < 1.29 is 4.74 Å². The molecule has 2 aromatic carbocycles. The third-order valence-corrected chi connectivity index (χ3v) is 5.81. The van der Waals surface area contributed by atoms with Gasteiger partial charge < -0.3 is 15.4 Å². The Hall–Kier alpha value is -1.98. The summed E-state index contributed by atoms with van der Waals surface area (Å²) >= 11 is 1.78. The molecule has 0 spiro atoms. The fourth-order valence-electron chi connectivity index (χ4n) is 3.48. The number of ether oxygens (including phenoxy) is 1. The highest BCUT2D eigenvalue weighted by Crippen LogP contribution is 2.33. The van der Waals surface area contributed by atoms with Crippen LogP contribution in [0.15, 0.2) is 58.4 Å². The standard InChI is InChI=1S/C22H29N3OS/c1-16-9-10-18(20(13-16)27-3)14-24-22(23-2)25-15-19-11-12-26-21(19)17-7-5-4-6-8-17/h4-10,13,19,21H,11-12,14-15H2,1-3H3,(H2,23,24,25). The lowest BCUT2D eigenvalue weighted by Crippen LogP contribution is -2.40. The Morgan fingerprint density at radius 3 is 2.74 bits per heavy atom. The molecule has 0 aromatic heterocycles. The molecule has 0 aliphatic carbocycles. The number of nitrogens with zero attached hydrogens (tertiary/aromatic N) is 1. The molecule has 5 heteroatoms. The van der Waals surface area contributed by atoms with Crippen LogP contribution in [0.5, 0.6) is 0 Å². The third kappa shape index (κ3) is 5.27. The van der Waals surface area contributed by atoms with Gasteiger partial charge in [0.05, 0.1) is 6.10 Å². The van der Waals surface area contributed by atoms with Crippen molar-refractivity contribution in [1.82, 2.24) is 10.6 Å². The van der Waals surface area contributed by atoms with Crippen molar-refractivity contribution in [1.29, 1.82) is 0 Å². The molecular formula is C22H29N3OS. The number of nitrogens with one attached hydrogen (secondary N) is 2. The summed E-state index contributed by atoms with van der Waals surface area (Å²) in [5.41, 5.74) is 3.84. The normalized spacial score (nSPS) is 19.9. The fourth-order valence-corrected chi connectivity index (χ4v) is 4.19. The third-order valence-electron chi connectivity index (χ3n) is 4.99. The van der Waals surface area contributed by atoms with E-state index < -0.39 is 0 Å². The SMILES string of the molecule is CN=C(NCc1ccc(C)cc1SC)NCC1CCOC1c1ccccc1. The van der Waals surface area contributed by atoms with Crippen LogP contribution >= 0.6 is 11.8 Å². The molecule has 0 radical (unpaired) electrons. The average Bonchev–Trinajstić information content (AvgIpc) is 3.18. The molecule has 1 heterocycles. The summed E-state index contributed by atoms with van der Waals surface area (Å²) in [6.45, 7) is 4.56. The van der Waals surface area contributed by atoms with E-state index in [0.717, 1.165) is 32.1 Å². The van der Waals surface area contributed by atoms with Crippen LogP contribution < -0.4 is 10.6 Å². The van der Waals surface area contributed by atoms with Gasteiger partial charge in [0.15, 0.2) is 5.96 Å². The van der Waals surface area contributed by atoms with Crippen LogP contribution in [0.4, 0.5) is 0 Å². The van der Waals surface area contributed by atoms with Crippen LogP contribution in [-0.2, 0) is 11.3 Å². The smallest absolute Gasteiger partial charge is 0.191 e. The molecular weight excluding hydrogens is 354 g/mol. The Kier molecular flexibility index (Phi) is 7.18. The molecule has 4 nitrogen and oxygen atoms in total. The molecule has 1 saturated heterocycles. The maximum absolute atomic E-state index is 5.99. The van der Waals surface area contributed by atoms with Gasteiger partial charge in [-0.2, -0.15) is 0 Å². The highest BCUT2D eigenvalue weighted by Gasteiger charge is 2.29. The first-order valence-electron chi connectivity index (χ1n) is 9.46. The van der Waals surface area contributed by atoms with Crippen molar-refractivity contribution in [3.05, 3.63) is 65.2 Å². The molecule has 2 unspecified atom stereocenters. The summed E-state index contributed by atoms with van der Waals surface area (Å²) in [5.74, 6) is 1.29. The molecule has 0 bridgehead atoms. The summed E-state index contributed by atoms with van der Waals surface area (Å²) < 4.78 is 5.99. The van der Waals surface area contributed by atoms with Gasteiger partial charge in [-0.25, -0.2) is 0 Å². The van der Waals surface area contributed by atoms with Gasteiger partial charge in [0, 0.05) is 37.6 Å². The van der Waals surface area contributed by atoms with Crippen LogP contribution in [0, 0.1) is 12.8 Å².